The van der Waals surface area contributed by atoms with E-state index in [9.17, 15) is 0 Å². The molecule has 1 aromatic heterocycles. The van der Waals surface area contributed by atoms with Crippen molar-refractivity contribution < 1.29 is 4.74 Å². The standard InChI is InChI=1S/C13H18OS/c1-9(2)11-12-10(4-7-15-12)13(8-14-11)5-3-6-13/h4,7,9,11H,3,5-6,8H2,1-2H3. The Kier molecular flexibility index (Phi) is 2.18. The molecular formula is C13H18OS. The Bertz CT molecular complexity index is 362. The van der Waals surface area contributed by atoms with Gasteiger partial charge in [-0.2, -0.15) is 0 Å². The number of ether oxygens (including phenoxy) is 1. The minimum absolute atomic E-state index is 0.353. The highest BCUT2D eigenvalue weighted by Crippen LogP contribution is 2.52. The molecule has 3 rings (SSSR count). The summed E-state index contributed by atoms with van der Waals surface area (Å²) in [7, 11) is 0. The Labute approximate surface area is 95.5 Å². The molecule has 1 nitrogen and oxygen atoms in total. The number of hydrogen-bond donors (Lipinski definition) is 0. The van der Waals surface area contributed by atoms with Gasteiger partial charge in [0.2, 0.25) is 0 Å². The van der Waals surface area contributed by atoms with Crippen LogP contribution in [0.3, 0.4) is 0 Å². The molecule has 0 aromatic carbocycles. The molecule has 0 N–H and O–H groups in total. The summed E-state index contributed by atoms with van der Waals surface area (Å²) >= 11 is 1.89. The minimum atomic E-state index is 0.353. The highest BCUT2D eigenvalue weighted by Gasteiger charge is 2.45. The van der Waals surface area contributed by atoms with E-state index in [4.69, 9.17) is 4.74 Å². The summed E-state index contributed by atoms with van der Waals surface area (Å²) in [6.45, 7) is 5.47. The van der Waals surface area contributed by atoms with Crippen molar-refractivity contribution in [2.75, 3.05) is 6.61 Å². The van der Waals surface area contributed by atoms with Crippen molar-refractivity contribution in [3.63, 3.8) is 0 Å². The summed E-state index contributed by atoms with van der Waals surface area (Å²) < 4.78 is 6.09. The van der Waals surface area contributed by atoms with Crippen molar-refractivity contribution in [2.24, 2.45) is 5.92 Å². The zero-order chi connectivity index (χ0) is 10.5. The normalized spacial score (nSPS) is 27.8. The van der Waals surface area contributed by atoms with E-state index in [2.05, 4.69) is 25.3 Å². The lowest BCUT2D eigenvalue weighted by molar-refractivity contribution is -0.0456. The summed E-state index contributed by atoms with van der Waals surface area (Å²) in [5.41, 5.74) is 2.03. The second kappa shape index (κ2) is 3.33. The van der Waals surface area contributed by atoms with Crippen LogP contribution in [-0.2, 0) is 10.2 Å². The topological polar surface area (TPSA) is 9.23 Å². The quantitative estimate of drug-likeness (QED) is 0.700. The third-order valence-electron chi connectivity index (χ3n) is 3.98. The Morgan fingerprint density at radius 2 is 2.27 bits per heavy atom. The van der Waals surface area contributed by atoms with Crippen molar-refractivity contribution in [3.8, 4) is 0 Å². The largest absolute Gasteiger partial charge is 0.371 e. The van der Waals surface area contributed by atoms with Gasteiger partial charge in [0.05, 0.1) is 12.7 Å². The van der Waals surface area contributed by atoms with Crippen LogP contribution in [0, 0.1) is 5.92 Å². The molecule has 82 valence electrons. The van der Waals surface area contributed by atoms with Gasteiger partial charge in [-0.05, 0) is 35.8 Å². The maximum Gasteiger partial charge on any atom is 0.0942 e. The van der Waals surface area contributed by atoms with E-state index in [1.807, 2.05) is 11.3 Å². The SMILES string of the molecule is CC(C)C1OCC2(CCC2)c2ccsc21. The first-order chi connectivity index (χ1) is 7.23. The molecule has 15 heavy (non-hydrogen) atoms. The third kappa shape index (κ3) is 1.31. The van der Waals surface area contributed by atoms with Crippen LogP contribution in [-0.4, -0.2) is 6.61 Å². The van der Waals surface area contributed by atoms with Gasteiger partial charge in [-0.25, -0.2) is 0 Å². The van der Waals surface area contributed by atoms with Gasteiger partial charge in [-0.1, -0.05) is 20.3 Å². The molecule has 1 fully saturated rings. The van der Waals surface area contributed by atoms with Crippen molar-refractivity contribution in [1.29, 1.82) is 0 Å². The Morgan fingerprint density at radius 3 is 2.87 bits per heavy atom. The predicted molar refractivity (Wildman–Crippen MR) is 63.4 cm³/mol. The molecule has 2 heteroatoms. The molecule has 2 heterocycles. The lowest BCUT2D eigenvalue weighted by Crippen LogP contribution is -2.43. The molecule has 1 aromatic rings. The summed E-state index contributed by atoms with van der Waals surface area (Å²) in [6, 6.07) is 2.34. The van der Waals surface area contributed by atoms with Crippen LogP contribution in [0.2, 0.25) is 0 Å². The van der Waals surface area contributed by atoms with Crippen LogP contribution in [0.25, 0.3) is 0 Å². The first-order valence-electron chi connectivity index (χ1n) is 5.92. The van der Waals surface area contributed by atoms with Gasteiger partial charge >= 0.3 is 0 Å². The first kappa shape index (κ1) is 9.86. The van der Waals surface area contributed by atoms with Gasteiger partial charge in [-0.3, -0.25) is 0 Å². The summed E-state index contributed by atoms with van der Waals surface area (Å²) in [5, 5.41) is 2.24. The molecule has 1 saturated carbocycles. The molecule has 0 radical (unpaired) electrons. The number of hydrogen-bond acceptors (Lipinski definition) is 2. The Hall–Kier alpha value is -0.340. The maximum absolute atomic E-state index is 6.09. The molecular weight excluding hydrogens is 204 g/mol. The summed E-state index contributed by atoms with van der Waals surface area (Å²) in [4.78, 5) is 1.51. The van der Waals surface area contributed by atoms with Crippen LogP contribution in [0.1, 0.15) is 49.7 Å². The highest BCUT2D eigenvalue weighted by atomic mass is 32.1. The third-order valence-corrected chi connectivity index (χ3v) is 4.96. The zero-order valence-electron chi connectivity index (χ0n) is 9.45. The van der Waals surface area contributed by atoms with Crippen molar-refractivity contribution >= 4 is 11.3 Å². The zero-order valence-corrected chi connectivity index (χ0v) is 10.3. The fourth-order valence-electron chi connectivity index (χ4n) is 2.89. The molecule has 2 aliphatic rings. The second-order valence-corrected chi connectivity index (χ2v) is 6.26. The molecule has 0 amide bonds. The van der Waals surface area contributed by atoms with E-state index < -0.39 is 0 Å². The molecule has 0 saturated heterocycles. The van der Waals surface area contributed by atoms with E-state index in [-0.39, 0.29) is 0 Å². The van der Waals surface area contributed by atoms with Gasteiger partial charge in [0.25, 0.3) is 0 Å². The monoisotopic (exact) mass is 222 g/mol. The van der Waals surface area contributed by atoms with E-state index >= 15 is 0 Å². The molecule has 1 atom stereocenters. The maximum atomic E-state index is 6.09. The Balaban J connectivity index is 2.01. The van der Waals surface area contributed by atoms with Crippen molar-refractivity contribution in [3.05, 3.63) is 21.9 Å². The summed E-state index contributed by atoms with van der Waals surface area (Å²) in [6.07, 6.45) is 4.40. The van der Waals surface area contributed by atoms with Crippen molar-refractivity contribution in [1.82, 2.24) is 0 Å². The average Bonchev–Trinajstić information content (AvgIpc) is 2.61. The predicted octanol–water partition coefficient (Wildman–Crippen LogP) is 3.90. The van der Waals surface area contributed by atoms with Gasteiger partial charge in [-0.15, -0.1) is 11.3 Å². The molecule has 0 bridgehead atoms. The molecule has 1 aliphatic carbocycles. The minimum Gasteiger partial charge on any atom is -0.371 e. The smallest absolute Gasteiger partial charge is 0.0942 e. The van der Waals surface area contributed by atoms with Crippen LogP contribution < -0.4 is 0 Å². The van der Waals surface area contributed by atoms with E-state index in [1.165, 1.54) is 24.1 Å². The first-order valence-corrected chi connectivity index (χ1v) is 6.80. The van der Waals surface area contributed by atoms with Crippen LogP contribution >= 0.6 is 11.3 Å². The lowest BCUT2D eigenvalue weighted by atomic mass is 9.63. The fourth-order valence-corrected chi connectivity index (χ4v) is 4.13. The van der Waals surface area contributed by atoms with Crippen LogP contribution in [0.5, 0.6) is 0 Å². The van der Waals surface area contributed by atoms with Crippen molar-refractivity contribution in [2.45, 2.75) is 44.6 Å². The molecule has 1 spiro atoms. The summed E-state index contributed by atoms with van der Waals surface area (Å²) in [5.74, 6) is 0.597. The average molecular weight is 222 g/mol. The highest BCUT2D eigenvalue weighted by molar-refractivity contribution is 7.10. The van der Waals surface area contributed by atoms with E-state index in [0.29, 0.717) is 17.4 Å². The van der Waals surface area contributed by atoms with Gasteiger partial charge in [0.15, 0.2) is 0 Å². The number of thiophene rings is 1. The van der Waals surface area contributed by atoms with Gasteiger partial charge in [0.1, 0.15) is 0 Å². The molecule has 1 aliphatic heterocycles. The van der Waals surface area contributed by atoms with E-state index in [1.54, 1.807) is 5.56 Å². The van der Waals surface area contributed by atoms with Gasteiger partial charge in [0, 0.05) is 10.3 Å². The number of fused-ring (bicyclic) bond motifs is 2. The molecule has 1 unspecified atom stereocenters. The van der Waals surface area contributed by atoms with Gasteiger partial charge < -0.3 is 4.74 Å². The lowest BCUT2D eigenvalue weighted by Gasteiger charge is -2.47. The van der Waals surface area contributed by atoms with E-state index in [0.717, 1.165) is 6.61 Å². The fraction of sp³-hybridized carbons (Fsp3) is 0.692. The van der Waals surface area contributed by atoms with Crippen LogP contribution in [0.4, 0.5) is 0 Å². The number of rotatable bonds is 1. The Morgan fingerprint density at radius 1 is 1.47 bits per heavy atom. The second-order valence-electron chi connectivity index (χ2n) is 5.31. The van der Waals surface area contributed by atoms with Crippen LogP contribution in [0.15, 0.2) is 11.4 Å².